The van der Waals surface area contributed by atoms with E-state index < -0.39 is 7.37 Å². The summed E-state index contributed by atoms with van der Waals surface area (Å²) >= 11 is 0. The number of rotatable bonds is 11. The van der Waals surface area contributed by atoms with E-state index in [0.717, 1.165) is 31.0 Å². The van der Waals surface area contributed by atoms with Gasteiger partial charge in [-0.1, -0.05) is 37.8 Å². The van der Waals surface area contributed by atoms with Crippen LogP contribution in [0, 0.1) is 0 Å². The maximum absolute atomic E-state index is 13.2. The lowest BCUT2D eigenvalue weighted by atomic mass is 10.1. The Balaban J connectivity index is 2.58. The van der Waals surface area contributed by atoms with Gasteiger partial charge >= 0.3 is 0 Å². The van der Waals surface area contributed by atoms with E-state index in [4.69, 9.17) is 4.52 Å². The van der Waals surface area contributed by atoms with E-state index in [1.54, 1.807) is 0 Å². The molecule has 0 aliphatic carbocycles. The van der Waals surface area contributed by atoms with Gasteiger partial charge in [-0.2, -0.15) is 0 Å². The van der Waals surface area contributed by atoms with Crippen molar-refractivity contribution in [3.05, 3.63) is 54.1 Å². The summed E-state index contributed by atoms with van der Waals surface area (Å²) in [6.45, 7) is 9.96. The second kappa shape index (κ2) is 9.90. The Bertz CT molecular complexity index is 552. The lowest BCUT2D eigenvalue weighted by molar-refractivity contribution is 0.344. The molecule has 1 unspecified atom stereocenters. The molecule has 0 fully saturated rings. The fraction of sp³-hybridized carbons (Fsp3) is 0.412. The summed E-state index contributed by atoms with van der Waals surface area (Å²) in [7, 11) is -2.97. The topological polar surface area (TPSA) is 43.4 Å². The summed E-state index contributed by atoms with van der Waals surface area (Å²) in [4.78, 5) is 0. The van der Waals surface area contributed by atoms with Crippen molar-refractivity contribution in [3.63, 3.8) is 0 Å². The standard InChI is InChI=1S/C17H24O3P2/c1-4-20-22(19,17-13-9-6-10-14-17)16(3)12-8-5-7-11-15(2)21-18/h6,9-10,13-14H,2-5,7-8,11-12H2,1H3. The van der Waals surface area contributed by atoms with Crippen LogP contribution in [0.2, 0.25) is 0 Å². The fourth-order valence-electron chi connectivity index (χ4n) is 2.18. The van der Waals surface area contributed by atoms with Crippen LogP contribution in [-0.4, -0.2) is 6.61 Å². The van der Waals surface area contributed by atoms with Crippen molar-refractivity contribution in [3.8, 4) is 0 Å². The van der Waals surface area contributed by atoms with Crippen LogP contribution in [0.25, 0.3) is 0 Å². The molecule has 0 aromatic heterocycles. The Labute approximate surface area is 135 Å². The van der Waals surface area contributed by atoms with E-state index in [9.17, 15) is 9.13 Å². The molecule has 5 heteroatoms. The van der Waals surface area contributed by atoms with Gasteiger partial charge in [0.05, 0.1) is 6.61 Å². The molecule has 1 rings (SSSR count). The van der Waals surface area contributed by atoms with Crippen LogP contribution in [0.3, 0.4) is 0 Å². The zero-order valence-electron chi connectivity index (χ0n) is 13.2. The van der Waals surface area contributed by atoms with E-state index in [1.165, 1.54) is 0 Å². The minimum Gasteiger partial charge on any atom is -0.323 e. The molecule has 3 nitrogen and oxygen atoms in total. The quantitative estimate of drug-likeness (QED) is 0.373. The molecule has 0 spiro atoms. The highest BCUT2D eigenvalue weighted by molar-refractivity contribution is 7.71. The highest BCUT2D eigenvalue weighted by Gasteiger charge is 2.28. The van der Waals surface area contributed by atoms with E-state index in [-0.39, 0.29) is 8.46 Å². The monoisotopic (exact) mass is 338 g/mol. The second-order valence-corrected chi connectivity index (χ2v) is 8.41. The first-order valence-electron chi connectivity index (χ1n) is 7.54. The van der Waals surface area contributed by atoms with Gasteiger partial charge in [-0.15, -0.1) is 0 Å². The molecule has 1 atom stereocenters. The lowest BCUT2D eigenvalue weighted by Gasteiger charge is -2.20. The molecule has 120 valence electrons. The van der Waals surface area contributed by atoms with Crippen LogP contribution in [0.5, 0.6) is 0 Å². The summed E-state index contributed by atoms with van der Waals surface area (Å²) in [5.41, 5.74) is 0. The number of allylic oxidation sites excluding steroid dienone is 2. The van der Waals surface area contributed by atoms with Gasteiger partial charge in [0.15, 0.2) is 8.46 Å². The van der Waals surface area contributed by atoms with Crippen molar-refractivity contribution < 1.29 is 13.7 Å². The summed E-state index contributed by atoms with van der Waals surface area (Å²) in [5, 5.41) is 2.10. The Morgan fingerprint density at radius 2 is 1.77 bits per heavy atom. The van der Waals surface area contributed by atoms with Gasteiger partial charge in [0, 0.05) is 15.9 Å². The minimum atomic E-state index is -3.00. The molecular formula is C17H24O3P2. The molecule has 0 saturated heterocycles. The van der Waals surface area contributed by atoms with Crippen LogP contribution in [0.4, 0.5) is 0 Å². The Kier molecular flexibility index (Phi) is 8.56. The third kappa shape index (κ3) is 5.65. The van der Waals surface area contributed by atoms with E-state index in [0.29, 0.717) is 23.6 Å². The van der Waals surface area contributed by atoms with Crippen molar-refractivity contribution in [1.29, 1.82) is 0 Å². The number of benzene rings is 1. The van der Waals surface area contributed by atoms with Gasteiger partial charge in [0.2, 0.25) is 0 Å². The van der Waals surface area contributed by atoms with E-state index >= 15 is 0 Å². The summed E-state index contributed by atoms with van der Waals surface area (Å²) < 4.78 is 29.3. The van der Waals surface area contributed by atoms with E-state index in [1.807, 2.05) is 37.3 Å². The van der Waals surface area contributed by atoms with Gasteiger partial charge < -0.3 is 4.52 Å². The molecule has 0 amide bonds. The van der Waals surface area contributed by atoms with Crippen molar-refractivity contribution in [2.24, 2.45) is 0 Å². The van der Waals surface area contributed by atoms with Crippen LogP contribution in [0.15, 0.2) is 54.1 Å². The molecule has 0 aliphatic rings. The molecule has 0 N–H and O–H groups in total. The molecule has 0 aliphatic heterocycles. The summed E-state index contributed by atoms with van der Waals surface area (Å²) in [6, 6.07) is 9.28. The number of hydrogen-bond donors (Lipinski definition) is 0. The van der Waals surface area contributed by atoms with Crippen LogP contribution >= 0.6 is 15.8 Å². The molecule has 1 aromatic carbocycles. The first-order valence-corrected chi connectivity index (χ1v) is 9.98. The number of unbranched alkanes of at least 4 members (excludes halogenated alkanes) is 2. The molecular weight excluding hydrogens is 314 g/mol. The fourth-order valence-corrected chi connectivity index (χ4v) is 4.51. The highest BCUT2D eigenvalue weighted by Crippen LogP contribution is 2.54. The molecule has 0 heterocycles. The average molecular weight is 338 g/mol. The SMILES string of the molecule is C=C(CCCCCC(=C)P(=O)(OCC)c1ccccc1)P=O. The Morgan fingerprint density at radius 1 is 1.14 bits per heavy atom. The highest BCUT2D eigenvalue weighted by atomic mass is 31.2. The first-order chi connectivity index (χ1) is 10.5. The van der Waals surface area contributed by atoms with Gasteiger partial charge in [0.1, 0.15) is 0 Å². The first kappa shape index (κ1) is 19.0. The smallest absolute Gasteiger partial charge is 0.256 e. The summed E-state index contributed by atoms with van der Waals surface area (Å²) in [5.74, 6) is 0. The van der Waals surface area contributed by atoms with Crippen molar-refractivity contribution in [2.75, 3.05) is 6.61 Å². The van der Waals surface area contributed by atoms with Gasteiger partial charge in [-0.3, -0.25) is 9.13 Å². The van der Waals surface area contributed by atoms with Crippen LogP contribution in [-0.2, 0) is 13.7 Å². The maximum atomic E-state index is 13.2. The van der Waals surface area contributed by atoms with Crippen molar-refractivity contribution >= 4 is 21.1 Å². The predicted octanol–water partition coefficient (Wildman–Crippen LogP) is 5.90. The summed E-state index contributed by atoms with van der Waals surface area (Å²) in [6.07, 6.45) is 4.24. The minimum absolute atomic E-state index is 0.0275. The Morgan fingerprint density at radius 3 is 2.36 bits per heavy atom. The largest absolute Gasteiger partial charge is 0.323 e. The lowest BCUT2D eigenvalue weighted by Crippen LogP contribution is -2.09. The Hall–Kier alpha value is -1.01. The van der Waals surface area contributed by atoms with Crippen LogP contribution < -0.4 is 5.30 Å². The molecule has 1 aromatic rings. The third-order valence-corrected chi connectivity index (χ3v) is 6.52. The molecule has 0 saturated carbocycles. The number of hydrogen-bond acceptors (Lipinski definition) is 3. The van der Waals surface area contributed by atoms with Crippen molar-refractivity contribution in [2.45, 2.75) is 39.0 Å². The average Bonchev–Trinajstić information content (AvgIpc) is 2.55. The van der Waals surface area contributed by atoms with Crippen LogP contribution in [0.1, 0.15) is 39.0 Å². The molecule has 0 radical (unpaired) electrons. The zero-order valence-corrected chi connectivity index (χ0v) is 15.0. The van der Waals surface area contributed by atoms with E-state index in [2.05, 4.69) is 13.2 Å². The zero-order chi connectivity index (χ0) is 16.4. The normalized spacial score (nSPS) is 13.7. The maximum Gasteiger partial charge on any atom is 0.256 e. The van der Waals surface area contributed by atoms with Crippen molar-refractivity contribution in [1.82, 2.24) is 0 Å². The van der Waals surface area contributed by atoms with Gasteiger partial charge in [-0.05, 0) is 44.7 Å². The van der Waals surface area contributed by atoms with Gasteiger partial charge in [-0.25, -0.2) is 0 Å². The van der Waals surface area contributed by atoms with Gasteiger partial charge in [0.25, 0.3) is 7.37 Å². The molecule has 22 heavy (non-hydrogen) atoms. The molecule has 0 bridgehead atoms. The predicted molar refractivity (Wildman–Crippen MR) is 94.3 cm³/mol. The second-order valence-electron chi connectivity index (χ2n) is 5.09. The third-order valence-electron chi connectivity index (χ3n) is 3.38.